The molecule has 18 heavy (non-hydrogen) atoms. The van der Waals surface area contributed by atoms with Gasteiger partial charge >= 0.3 is 6.03 Å². The van der Waals surface area contributed by atoms with Crippen LogP contribution in [-0.2, 0) is 0 Å². The molecule has 0 radical (unpaired) electrons. The van der Waals surface area contributed by atoms with Gasteiger partial charge in [0.25, 0.3) is 0 Å². The third-order valence-corrected chi connectivity index (χ3v) is 4.23. The number of thiophene rings is 1. The van der Waals surface area contributed by atoms with Gasteiger partial charge in [-0.25, -0.2) is 4.79 Å². The number of urea groups is 1. The summed E-state index contributed by atoms with van der Waals surface area (Å²) >= 11 is 1.55. The van der Waals surface area contributed by atoms with Crippen molar-refractivity contribution in [3.63, 3.8) is 0 Å². The Morgan fingerprint density at radius 2 is 2.17 bits per heavy atom. The Morgan fingerprint density at radius 3 is 2.67 bits per heavy atom. The maximum atomic E-state index is 11.7. The van der Waals surface area contributed by atoms with E-state index in [1.165, 1.54) is 0 Å². The van der Waals surface area contributed by atoms with Gasteiger partial charge in [0.15, 0.2) is 0 Å². The van der Waals surface area contributed by atoms with Gasteiger partial charge in [0.05, 0.1) is 5.69 Å². The molecule has 0 atom stereocenters. The molecule has 0 fully saturated rings. The molecule has 1 heterocycles. The zero-order valence-electron chi connectivity index (χ0n) is 11.0. The smallest absolute Gasteiger partial charge is 0.319 e. The van der Waals surface area contributed by atoms with Crippen LogP contribution < -0.4 is 10.6 Å². The van der Waals surface area contributed by atoms with Crippen LogP contribution in [0.5, 0.6) is 0 Å². The summed E-state index contributed by atoms with van der Waals surface area (Å²) in [6.45, 7) is 4.95. The number of aliphatic hydroxyl groups excluding tert-OH is 1. The average molecular weight is 270 g/mol. The van der Waals surface area contributed by atoms with Crippen molar-refractivity contribution >= 4 is 23.1 Å². The minimum absolute atomic E-state index is 0.000730. The summed E-state index contributed by atoms with van der Waals surface area (Å²) in [7, 11) is 0. The van der Waals surface area contributed by atoms with Gasteiger partial charge in [-0.05, 0) is 36.1 Å². The number of nitrogens with one attached hydrogen (secondary N) is 2. The highest BCUT2D eigenvalue weighted by Crippen LogP contribution is 2.29. The van der Waals surface area contributed by atoms with E-state index in [4.69, 9.17) is 5.11 Å². The van der Waals surface area contributed by atoms with Gasteiger partial charge in [-0.2, -0.15) is 11.3 Å². The molecule has 0 saturated heterocycles. The van der Waals surface area contributed by atoms with Crippen LogP contribution in [0.2, 0.25) is 0 Å². The van der Waals surface area contributed by atoms with Gasteiger partial charge in [-0.1, -0.05) is 13.8 Å². The molecule has 0 saturated carbocycles. The quantitative estimate of drug-likeness (QED) is 0.713. The van der Waals surface area contributed by atoms with E-state index < -0.39 is 0 Å². The fraction of sp³-hybridized carbons (Fsp3) is 0.615. The summed E-state index contributed by atoms with van der Waals surface area (Å²) < 4.78 is 0. The maximum Gasteiger partial charge on any atom is 0.319 e. The fourth-order valence-corrected chi connectivity index (χ4v) is 2.55. The lowest BCUT2D eigenvalue weighted by molar-refractivity contribution is 0.165. The minimum Gasteiger partial charge on any atom is -0.396 e. The average Bonchev–Trinajstić information content (AvgIpc) is 2.87. The summed E-state index contributed by atoms with van der Waals surface area (Å²) in [4.78, 5) is 11.7. The normalized spacial score (nSPS) is 11.3. The van der Waals surface area contributed by atoms with Crippen molar-refractivity contribution in [3.8, 4) is 0 Å². The maximum absolute atomic E-state index is 11.7. The Morgan fingerprint density at radius 1 is 1.44 bits per heavy atom. The van der Waals surface area contributed by atoms with Crippen molar-refractivity contribution in [1.29, 1.82) is 0 Å². The molecule has 4 nitrogen and oxygen atoms in total. The van der Waals surface area contributed by atoms with Crippen LogP contribution in [0.15, 0.2) is 16.8 Å². The molecule has 0 spiro atoms. The van der Waals surface area contributed by atoms with Crippen LogP contribution in [0.3, 0.4) is 0 Å². The van der Waals surface area contributed by atoms with Crippen molar-refractivity contribution in [3.05, 3.63) is 16.8 Å². The molecule has 0 aromatic carbocycles. The highest BCUT2D eigenvalue weighted by Gasteiger charge is 2.26. The Labute approximate surface area is 112 Å². The first-order valence-corrected chi connectivity index (χ1v) is 7.28. The van der Waals surface area contributed by atoms with Crippen molar-refractivity contribution in [2.45, 2.75) is 33.1 Å². The van der Waals surface area contributed by atoms with Crippen LogP contribution in [0, 0.1) is 5.41 Å². The van der Waals surface area contributed by atoms with Gasteiger partial charge in [-0.15, -0.1) is 0 Å². The zero-order valence-corrected chi connectivity index (χ0v) is 11.8. The van der Waals surface area contributed by atoms with E-state index in [9.17, 15) is 4.79 Å². The van der Waals surface area contributed by atoms with Gasteiger partial charge < -0.3 is 15.7 Å². The second kappa shape index (κ2) is 7.38. The predicted molar refractivity (Wildman–Crippen MR) is 76.1 cm³/mol. The van der Waals surface area contributed by atoms with Crippen LogP contribution in [0.4, 0.5) is 10.5 Å². The molecule has 2 amide bonds. The third kappa shape index (κ3) is 4.31. The van der Waals surface area contributed by atoms with E-state index in [0.717, 1.165) is 24.9 Å². The molecule has 1 aromatic rings. The monoisotopic (exact) mass is 270 g/mol. The molecule has 1 rings (SSSR count). The highest BCUT2D eigenvalue weighted by molar-refractivity contribution is 7.08. The molecule has 102 valence electrons. The van der Waals surface area contributed by atoms with E-state index in [1.54, 1.807) is 11.3 Å². The molecular formula is C13H22N2O2S. The highest BCUT2D eigenvalue weighted by atomic mass is 32.1. The SMILES string of the molecule is CCC(CC)(CCO)CNC(=O)Nc1ccsc1. The molecule has 0 unspecified atom stereocenters. The Bertz CT molecular complexity index is 348. The summed E-state index contributed by atoms with van der Waals surface area (Å²) in [6.07, 6.45) is 2.62. The lowest BCUT2D eigenvalue weighted by Crippen LogP contribution is -2.39. The molecule has 0 aliphatic heterocycles. The Kier molecular flexibility index (Phi) is 6.15. The van der Waals surface area contributed by atoms with E-state index in [-0.39, 0.29) is 18.1 Å². The van der Waals surface area contributed by atoms with Crippen molar-refractivity contribution in [2.24, 2.45) is 5.41 Å². The van der Waals surface area contributed by atoms with E-state index in [0.29, 0.717) is 6.54 Å². The third-order valence-electron chi connectivity index (χ3n) is 3.55. The topological polar surface area (TPSA) is 61.4 Å². The van der Waals surface area contributed by atoms with Gasteiger partial charge in [0.2, 0.25) is 0 Å². The van der Waals surface area contributed by atoms with Crippen LogP contribution >= 0.6 is 11.3 Å². The lowest BCUT2D eigenvalue weighted by Gasteiger charge is -2.31. The second-order valence-corrected chi connectivity index (χ2v) is 5.28. The standard InChI is InChI=1S/C13H22N2O2S/c1-3-13(4-2,6-7-16)10-14-12(17)15-11-5-8-18-9-11/h5,8-9,16H,3-4,6-7,10H2,1-2H3,(H2,14,15,17). The lowest BCUT2D eigenvalue weighted by atomic mass is 9.79. The molecular weight excluding hydrogens is 248 g/mol. The number of hydrogen-bond donors (Lipinski definition) is 3. The Balaban J connectivity index is 2.44. The summed E-state index contributed by atoms with van der Waals surface area (Å²) in [5.41, 5.74) is 0.819. The summed E-state index contributed by atoms with van der Waals surface area (Å²) in [6, 6.07) is 1.68. The Hall–Kier alpha value is -1.07. The van der Waals surface area contributed by atoms with Gasteiger partial charge in [0, 0.05) is 18.5 Å². The molecule has 0 aliphatic rings. The van der Waals surface area contributed by atoms with E-state index in [2.05, 4.69) is 24.5 Å². The first-order chi connectivity index (χ1) is 8.65. The van der Waals surface area contributed by atoms with Gasteiger partial charge in [-0.3, -0.25) is 0 Å². The largest absolute Gasteiger partial charge is 0.396 e. The van der Waals surface area contributed by atoms with Gasteiger partial charge in [0.1, 0.15) is 0 Å². The first kappa shape index (κ1) is 15.0. The fourth-order valence-electron chi connectivity index (χ4n) is 1.96. The van der Waals surface area contributed by atoms with Crippen molar-refractivity contribution in [1.82, 2.24) is 5.32 Å². The molecule has 0 aliphatic carbocycles. The van der Waals surface area contributed by atoms with Crippen molar-refractivity contribution < 1.29 is 9.90 Å². The first-order valence-electron chi connectivity index (χ1n) is 6.33. The number of anilines is 1. The number of aliphatic hydroxyl groups is 1. The molecule has 5 heteroatoms. The number of carbonyl (C=O) groups excluding carboxylic acids is 1. The predicted octanol–water partition coefficient (Wildman–Crippen LogP) is 3.06. The van der Waals surface area contributed by atoms with Crippen molar-refractivity contribution in [2.75, 3.05) is 18.5 Å². The molecule has 1 aromatic heterocycles. The van der Waals surface area contributed by atoms with Crippen LogP contribution in [0.1, 0.15) is 33.1 Å². The molecule has 0 bridgehead atoms. The minimum atomic E-state index is -0.183. The summed E-state index contributed by atoms with van der Waals surface area (Å²) in [5.74, 6) is 0. The van der Waals surface area contributed by atoms with E-state index >= 15 is 0 Å². The molecule has 3 N–H and O–H groups in total. The number of amides is 2. The second-order valence-electron chi connectivity index (χ2n) is 4.50. The number of hydrogen-bond acceptors (Lipinski definition) is 3. The number of rotatable bonds is 7. The summed E-state index contributed by atoms with van der Waals surface area (Å²) in [5, 5.41) is 18.6. The zero-order chi connectivity index (χ0) is 13.4. The van der Waals surface area contributed by atoms with E-state index in [1.807, 2.05) is 16.8 Å². The number of carbonyl (C=O) groups is 1. The van der Waals surface area contributed by atoms with Crippen LogP contribution in [0.25, 0.3) is 0 Å². The van der Waals surface area contributed by atoms with Crippen LogP contribution in [-0.4, -0.2) is 24.3 Å².